The second kappa shape index (κ2) is 14.7. The molecule has 1 saturated carbocycles. The first-order valence-corrected chi connectivity index (χ1v) is 23.5. The number of carbonyl (C=O) groups is 4. The maximum atomic E-state index is 13.6. The summed E-state index contributed by atoms with van der Waals surface area (Å²) >= 11 is 6.62. The fourth-order valence-corrected chi connectivity index (χ4v) is 13.0. The monoisotopic (exact) mass is 869 g/mol. The molecular weight excluding hydrogens is 818 g/mol. The van der Waals surface area contributed by atoms with E-state index in [2.05, 4.69) is 37.9 Å². The fourth-order valence-electron chi connectivity index (χ4n) is 12.8. The van der Waals surface area contributed by atoms with Crippen molar-refractivity contribution in [2.24, 2.45) is 0 Å². The number of aromatic nitrogens is 2. The summed E-state index contributed by atoms with van der Waals surface area (Å²) in [4.78, 5) is 78.0. The largest absolute Gasteiger partial charge is 0.492 e. The van der Waals surface area contributed by atoms with E-state index < -0.39 is 11.9 Å². The molecule has 12 rings (SSSR count). The Morgan fingerprint density at radius 3 is 2.44 bits per heavy atom. The van der Waals surface area contributed by atoms with Gasteiger partial charge in [0.1, 0.15) is 17.6 Å². The molecule has 326 valence electrons. The average Bonchev–Trinajstić information content (AvgIpc) is 3.89. The van der Waals surface area contributed by atoms with Crippen LogP contribution in [0.3, 0.4) is 0 Å². The Morgan fingerprint density at radius 1 is 0.889 bits per heavy atom. The van der Waals surface area contributed by atoms with E-state index >= 15 is 0 Å². The van der Waals surface area contributed by atoms with E-state index in [9.17, 15) is 24.0 Å². The Labute approximate surface area is 370 Å². The highest BCUT2D eigenvalue weighted by Gasteiger charge is 2.49. The number of ether oxygens (including phenoxy) is 1. The van der Waals surface area contributed by atoms with Gasteiger partial charge in [0.15, 0.2) is 0 Å². The van der Waals surface area contributed by atoms with Crippen LogP contribution in [0.2, 0.25) is 5.02 Å². The highest BCUT2D eigenvalue weighted by atomic mass is 35.5. The van der Waals surface area contributed by atoms with Gasteiger partial charge in [-0.2, -0.15) is 4.98 Å². The second-order valence-electron chi connectivity index (χ2n) is 19.6. The number of nitrogens with zero attached hydrogens (tertiary/aromatic N) is 6. The number of carbonyl (C=O) groups excluding carboxylic acids is 4. The minimum Gasteiger partial charge on any atom is -0.492 e. The van der Waals surface area contributed by atoms with E-state index in [0.29, 0.717) is 54.0 Å². The SMILES string of the molecule is O=C1CC[C@H](N2Cc3c(ccc4c3OCC43CCN(CC(=O)N4CC(N5CCC(c6ccc7c(c6)-n6c(nc(=O)c8c(Cl)cccc86)C76CCCCC6)CC5)C4)CC3)C2=O)C(=O)N1. The van der Waals surface area contributed by atoms with Crippen LogP contribution in [0.4, 0.5) is 0 Å². The van der Waals surface area contributed by atoms with Crippen molar-refractivity contribution in [1.82, 2.24) is 34.5 Å². The van der Waals surface area contributed by atoms with E-state index in [4.69, 9.17) is 21.3 Å². The molecule has 1 N–H and O–H groups in total. The van der Waals surface area contributed by atoms with Crippen LogP contribution in [-0.4, -0.2) is 117 Å². The molecule has 14 heteroatoms. The summed E-state index contributed by atoms with van der Waals surface area (Å²) < 4.78 is 8.62. The summed E-state index contributed by atoms with van der Waals surface area (Å²) in [6.45, 7) is 6.44. The Kier molecular flexibility index (Phi) is 9.22. The van der Waals surface area contributed by atoms with Crippen LogP contribution in [0.1, 0.15) is 115 Å². The summed E-state index contributed by atoms with van der Waals surface area (Å²) in [5.41, 5.74) is 6.57. The van der Waals surface area contributed by atoms with Gasteiger partial charge in [-0.05, 0) is 112 Å². The predicted molar refractivity (Wildman–Crippen MR) is 235 cm³/mol. The number of piperidine rings is 3. The van der Waals surface area contributed by atoms with Crippen molar-refractivity contribution in [3.05, 3.63) is 97.5 Å². The number of halogens is 1. The van der Waals surface area contributed by atoms with Crippen molar-refractivity contribution in [2.75, 3.05) is 52.4 Å². The van der Waals surface area contributed by atoms with Crippen LogP contribution >= 0.6 is 11.6 Å². The highest BCUT2D eigenvalue weighted by molar-refractivity contribution is 6.35. The molecular formula is C49H52ClN7O6. The Morgan fingerprint density at radius 2 is 1.67 bits per heavy atom. The quantitative estimate of drug-likeness (QED) is 0.269. The van der Waals surface area contributed by atoms with Crippen molar-refractivity contribution >= 4 is 46.1 Å². The zero-order chi connectivity index (χ0) is 42.8. The van der Waals surface area contributed by atoms with Crippen molar-refractivity contribution in [3.8, 4) is 11.4 Å². The minimum absolute atomic E-state index is 0.161. The molecule has 5 fully saturated rings. The van der Waals surface area contributed by atoms with E-state index in [-0.39, 0.29) is 40.5 Å². The summed E-state index contributed by atoms with van der Waals surface area (Å²) in [5.74, 6) is 1.40. The van der Waals surface area contributed by atoms with Crippen LogP contribution in [0, 0.1) is 0 Å². The van der Waals surface area contributed by atoms with Gasteiger partial charge >= 0.3 is 0 Å². The lowest BCUT2D eigenvalue weighted by molar-refractivity contribution is -0.141. The molecule has 8 aliphatic rings. The van der Waals surface area contributed by atoms with Gasteiger partial charge in [-0.3, -0.25) is 43.7 Å². The first-order valence-electron chi connectivity index (χ1n) is 23.2. The number of imide groups is 1. The first kappa shape index (κ1) is 39.5. The lowest BCUT2D eigenvalue weighted by Gasteiger charge is -2.48. The zero-order valence-electron chi connectivity index (χ0n) is 35.5. The van der Waals surface area contributed by atoms with Crippen molar-refractivity contribution in [1.29, 1.82) is 0 Å². The topological polar surface area (TPSA) is 137 Å². The summed E-state index contributed by atoms with van der Waals surface area (Å²) in [7, 11) is 0. The lowest BCUT2D eigenvalue weighted by atomic mass is 9.69. The molecule has 0 unspecified atom stereocenters. The Bertz CT molecular complexity index is 2690. The second-order valence-corrected chi connectivity index (χ2v) is 20.0. The average molecular weight is 870 g/mol. The molecule has 4 amide bonds. The summed E-state index contributed by atoms with van der Waals surface area (Å²) in [6, 6.07) is 16.4. The number of hydrogen-bond acceptors (Lipinski definition) is 9. The molecule has 1 aromatic heterocycles. The maximum Gasteiger partial charge on any atom is 0.282 e. The molecule has 1 atom stereocenters. The summed E-state index contributed by atoms with van der Waals surface area (Å²) in [5, 5.41) is 3.33. The number of rotatable bonds is 5. The molecule has 2 spiro atoms. The van der Waals surface area contributed by atoms with Gasteiger partial charge < -0.3 is 14.5 Å². The number of likely N-dealkylation sites (tertiary alicyclic amines) is 3. The van der Waals surface area contributed by atoms with E-state index in [1.807, 2.05) is 29.2 Å². The standard InChI is InChI=1S/C49H52ClN7O6/c50-36-5-4-6-37-42(36)45(61)52-47-49(15-2-1-3-16-49)34-9-7-30(23-39(34)57(37)47)29-13-19-54(20-14-29)31-24-55(25-31)41(59)27-53-21-17-48(18-22-53)28-63-43-33-26-56(38-11-12-40(58)51-44(38)60)46(62)32(33)8-10-35(43)48/h4-10,23,29,31,38H,1-3,11-22,24-28H2,(H,51,58,60)/t38-/m0/s1. The van der Waals surface area contributed by atoms with Crippen LogP contribution in [-0.2, 0) is 31.8 Å². The Balaban J connectivity index is 0.657. The van der Waals surface area contributed by atoms with E-state index in [1.54, 1.807) is 11.0 Å². The molecule has 63 heavy (non-hydrogen) atoms. The summed E-state index contributed by atoms with van der Waals surface area (Å²) in [6.07, 6.45) is 9.89. The Hall–Kier alpha value is -5.11. The van der Waals surface area contributed by atoms with Crippen LogP contribution in [0.5, 0.6) is 5.75 Å². The molecule has 3 aromatic carbocycles. The molecule has 7 aliphatic heterocycles. The van der Waals surface area contributed by atoms with Gasteiger partial charge in [0.2, 0.25) is 17.7 Å². The zero-order valence-corrected chi connectivity index (χ0v) is 36.3. The minimum atomic E-state index is -0.657. The number of benzene rings is 3. The molecule has 0 bridgehead atoms. The first-order chi connectivity index (χ1) is 30.6. The highest BCUT2D eigenvalue weighted by Crippen LogP contribution is 2.53. The van der Waals surface area contributed by atoms with Gasteiger partial charge in [-0.25, -0.2) is 0 Å². The van der Waals surface area contributed by atoms with Gasteiger partial charge in [0, 0.05) is 47.7 Å². The third kappa shape index (κ3) is 6.08. The number of amides is 4. The molecule has 4 aromatic rings. The smallest absolute Gasteiger partial charge is 0.282 e. The molecule has 13 nitrogen and oxygen atoms in total. The molecule has 0 radical (unpaired) electrons. The molecule has 4 saturated heterocycles. The van der Waals surface area contributed by atoms with Crippen molar-refractivity contribution in [3.63, 3.8) is 0 Å². The normalized spacial score (nSPS) is 24.3. The lowest BCUT2D eigenvalue weighted by Crippen LogP contribution is -2.63. The number of fused-ring (bicyclic) bond motifs is 11. The van der Waals surface area contributed by atoms with Crippen LogP contribution < -0.4 is 15.6 Å². The van der Waals surface area contributed by atoms with Gasteiger partial charge in [0.25, 0.3) is 11.5 Å². The third-order valence-electron chi connectivity index (χ3n) is 16.4. The van der Waals surface area contributed by atoms with Gasteiger partial charge in [-0.15, -0.1) is 0 Å². The van der Waals surface area contributed by atoms with E-state index in [0.717, 1.165) is 125 Å². The number of hydrogen-bond donors (Lipinski definition) is 1. The predicted octanol–water partition coefficient (Wildman–Crippen LogP) is 5.18. The molecule has 8 heterocycles. The fraction of sp³-hybridized carbons (Fsp3) is 0.510. The van der Waals surface area contributed by atoms with E-state index in [1.165, 1.54) is 17.5 Å². The van der Waals surface area contributed by atoms with Gasteiger partial charge in [0.05, 0.1) is 46.7 Å². The van der Waals surface area contributed by atoms with Crippen LogP contribution in [0.15, 0.2) is 53.3 Å². The maximum absolute atomic E-state index is 13.6. The van der Waals surface area contributed by atoms with Crippen molar-refractivity contribution in [2.45, 2.75) is 106 Å². The van der Waals surface area contributed by atoms with Gasteiger partial charge in [-0.1, -0.05) is 55.1 Å². The van der Waals surface area contributed by atoms with Crippen molar-refractivity contribution < 1.29 is 23.9 Å². The third-order valence-corrected chi connectivity index (χ3v) is 16.7. The number of nitrogens with one attached hydrogen (secondary N) is 1. The molecule has 1 aliphatic carbocycles. The van der Waals surface area contributed by atoms with Crippen LogP contribution in [0.25, 0.3) is 16.6 Å².